The van der Waals surface area contributed by atoms with Gasteiger partial charge in [-0.25, -0.2) is 0 Å². The first-order valence-electron chi connectivity index (χ1n) is 3.57. The van der Waals surface area contributed by atoms with Crippen LogP contribution < -0.4 is 10.6 Å². The highest BCUT2D eigenvalue weighted by atomic mass is 19.3. The Morgan fingerprint density at radius 1 is 1.67 bits per heavy atom. The molecular formula is C7H10F2N2O. The Labute approximate surface area is 68.8 Å². The van der Waals surface area contributed by atoms with E-state index in [0.29, 0.717) is 0 Å². The third-order valence-corrected chi connectivity index (χ3v) is 1.60. The van der Waals surface area contributed by atoms with Gasteiger partial charge < -0.3 is 10.6 Å². The maximum absolute atomic E-state index is 12.7. The van der Waals surface area contributed by atoms with Crippen molar-refractivity contribution >= 4 is 5.78 Å². The van der Waals surface area contributed by atoms with Gasteiger partial charge in [0.2, 0.25) is 5.78 Å². The first-order chi connectivity index (χ1) is 5.58. The third-order valence-electron chi connectivity index (χ3n) is 1.60. The van der Waals surface area contributed by atoms with Crippen LogP contribution in [0.5, 0.6) is 0 Å². The fraction of sp³-hybridized carbons (Fsp3) is 0.571. The Kier molecular flexibility index (Phi) is 2.42. The number of piperidine rings is 1. The molecule has 1 rings (SSSR count). The van der Waals surface area contributed by atoms with Crippen molar-refractivity contribution < 1.29 is 13.6 Å². The van der Waals surface area contributed by atoms with Gasteiger partial charge in [-0.2, -0.15) is 8.78 Å². The Hall–Kier alpha value is -0.970. The highest BCUT2D eigenvalue weighted by Gasteiger charge is 2.42. The molecule has 12 heavy (non-hydrogen) atoms. The molecule has 0 aliphatic carbocycles. The maximum atomic E-state index is 12.7. The quantitative estimate of drug-likeness (QED) is 0.548. The SMILES string of the molecule is CN/C=C1/CNCC(F)(F)C1=O. The molecule has 0 aromatic heterocycles. The molecule has 1 aliphatic heterocycles. The average molecular weight is 176 g/mol. The molecule has 68 valence electrons. The van der Waals surface area contributed by atoms with Crippen molar-refractivity contribution in [1.82, 2.24) is 10.6 Å². The highest BCUT2D eigenvalue weighted by Crippen LogP contribution is 2.21. The third kappa shape index (κ3) is 1.61. The number of alkyl halides is 2. The molecule has 3 nitrogen and oxygen atoms in total. The van der Waals surface area contributed by atoms with Crippen LogP contribution in [-0.4, -0.2) is 31.8 Å². The van der Waals surface area contributed by atoms with Gasteiger partial charge in [0, 0.05) is 25.4 Å². The molecule has 0 saturated carbocycles. The lowest BCUT2D eigenvalue weighted by atomic mass is 10.0. The van der Waals surface area contributed by atoms with E-state index in [2.05, 4.69) is 10.6 Å². The first kappa shape index (κ1) is 9.12. The molecule has 1 saturated heterocycles. The van der Waals surface area contributed by atoms with Crippen LogP contribution in [0.3, 0.4) is 0 Å². The molecule has 1 heterocycles. The number of rotatable bonds is 1. The number of nitrogens with one attached hydrogen (secondary N) is 2. The minimum absolute atomic E-state index is 0.0914. The zero-order chi connectivity index (χ0) is 9.19. The summed E-state index contributed by atoms with van der Waals surface area (Å²) in [4.78, 5) is 10.9. The molecule has 0 spiro atoms. The summed E-state index contributed by atoms with van der Waals surface area (Å²) in [5, 5.41) is 5.01. The Morgan fingerprint density at radius 2 is 2.33 bits per heavy atom. The molecular weight excluding hydrogens is 166 g/mol. The summed E-state index contributed by atoms with van der Waals surface area (Å²) in [5.41, 5.74) is 0.0914. The van der Waals surface area contributed by atoms with Crippen molar-refractivity contribution in [2.24, 2.45) is 0 Å². The molecule has 2 N–H and O–H groups in total. The Morgan fingerprint density at radius 3 is 2.92 bits per heavy atom. The van der Waals surface area contributed by atoms with Crippen LogP contribution in [0.1, 0.15) is 0 Å². The summed E-state index contributed by atoms with van der Waals surface area (Å²) >= 11 is 0. The fourth-order valence-electron chi connectivity index (χ4n) is 1.04. The van der Waals surface area contributed by atoms with Crippen LogP contribution in [0, 0.1) is 0 Å². The molecule has 0 amide bonds. The van der Waals surface area contributed by atoms with E-state index in [4.69, 9.17) is 0 Å². The second-order valence-electron chi connectivity index (χ2n) is 2.60. The predicted octanol–water partition coefficient (Wildman–Crippen LogP) is -0.103. The van der Waals surface area contributed by atoms with Gasteiger partial charge in [-0.3, -0.25) is 4.79 Å². The van der Waals surface area contributed by atoms with Gasteiger partial charge in [0.25, 0.3) is 0 Å². The Bertz CT molecular complexity index is 225. The number of ketones is 1. The second-order valence-corrected chi connectivity index (χ2v) is 2.60. The summed E-state index contributed by atoms with van der Waals surface area (Å²) < 4.78 is 25.4. The van der Waals surface area contributed by atoms with Gasteiger partial charge in [-0.05, 0) is 0 Å². The minimum atomic E-state index is -3.25. The maximum Gasteiger partial charge on any atom is 0.321 e. The van der Waals surface area contributed by atoms with E-state index in [0.717, 1.165) is 0 Å². The molecule has 0 bridgehead atoms. The number of carbonyl (C=O) groups is 1. The van der Waals surface area contributed by atoms with Gasteiger partial charge in [0.05, 0.1) is 6.54 Å². The normalized spacial score (nSPS) is 25.9. The second kappa shape index (κ2) is 3.18. The van der Waals surface area contributed by atoms with E-state index in [1.807, 2.05) is 0 Å². The summed E-state index contributed by atoms with van der Waals surface area (Å²) in [6.45, 7) is -0.359. The molecule has 0 aromatic carbocycles. The van der Waals surface area contributed by atoms with E-state index in [1.165, 1.54) is 6.20 Å². The van der Waals surface area contributed by atoms with Crippen LogP contribution in [0.25, 0.3) is 0 Å². The fourth-order valence-corrected chi connectivity index (χ4v) is 1.04. The molecule has 0 atom stereocenters. The van der Waals surface area contributed by atoms with Crippen LogP contribution in [0.15, 0.2) is 11.8 Å². The van der Waals surface area contributed by atoms with Gasteiger partial charge in [0.1, 0.15) is 0 Å². The van der Waals surface area contributed by atoms with E-state index in [-0.39, 0.29) is 12.1 Å². The molecule has 0 aromatic rings. The molecule has 0 radical (unpaired) electrons. The number of carbonyl (C=O) groups excluding carboxylic acids is 1. The molecule has 1 aliphatic rings. The van der Waals surface area contributed by atoms with Crippen LogP contribution in [0.4, 0.5) is 8.78 Å². The summed E-state index contributed by atoms with van der Waals surface area (Å²) in [6.07, 6.45) is 1.29. The summed E-state index contributed by atoms with van der Waals surface area (Å²) in [7, 11) is 1.56. The lowest BCUT2D eigenvalue weighted by Gasteiger charge is -2.23. The van der Waals surface area contributed by atoms with Crippen molar-refractivity contribution in [1.29, 1.82) is 0 Å². The number of halogens is 2. The van der Waals surface area contributed by atoms with Gasteiger partial charge in [-0.1, -0.05) is 0 Å². The minimum Gasteiger partial charge on any atom is -0.394 e. The van der Waals surface area contributed by atoms with Crippen molar-refractivity contribution in [3.8, 4) is 0 Å². The van der Waals surface area contributed by atoms with Gasteiger partial charge in [0.15, 0.2) is 0 Å². The monoisotopic (exact) mass is 176 g/mol. The predicted molar refractivity (Wildman–Crippen MR) is 40.0 cm³/mol. The number of Topliss-reactive ketones (excluding diaryl/α,β-unsaturated/α-hetero) is 1. The van der Waals surface area contributed by atoms with Crippen LogP contribution in [-0.2, 0) is 4.79 Å². The van der Waals surface area contributed by atoms with Crippen molar-refractivity contribution in [2.75, 3.05) is 20.1 Å². The Balaban J connectivity index is 2.80. The van der Waals surface area contributed by atoms with Crippen molar-refractivity contribution in [3.63, 3.8) is 0 Å². The molecule has 5 heteroatoms. The zero-order valence-electron chi connectivity index (χ0n) is 6.66. The largest absolute Gasteiger partial charge is 0.394 e. The number of hydrogen-bond donors (Lipinski definition) is 2. The van der Waals surface area contributed by atoms with E-state index < -0.39 is 18.3 Å². The summed E-state index contributed by atoms with van der Waals surface area (Å²) in [5.74, 6) is -4.34. The highest BCUT2D eigenvalue weighted by molar-refractivity contribution is 6.01. The van der Waals surface area contributed by atoms with Crippen molar-refractivity contribution in [2.45, 2.75) is 5.92 Å². The topological polar surface area (TPSA) is 41.1 Å². The average Bonchev–Trinajstić information content (AvgIpc) is 1.99. The van der Waals surface area contributed by atoms with E-state index >= 15 is 0 Å². The van der Waals surface area contributed by atoms with E-state index in [1.54, 1.807) is 7.05 Å². The lowest BCUT2D eigenvalue weighted by Crippen LogP contribution is -2.48. The molecule has 0 unspecified atom stereocenters. The van der Waals surface area contributed by atoms with Crippen LogP contribution in [0.2, 0.25) is 0 Å². The number of hydrogen-bond acceptors (Lipinski definition) is 3. The summed E-state index contributed by atoms with van der Waals surface area (Å²) in [6, 6.07) is 0. The van der Waals surface area contributed by atoms with E-state index in [9.17, 15) is 13.6 Å². The van der Waals surface area contributed by atoms with Gasteiger partial charge in [-0.15, -0.1) is 0 Å². The zero-order valence-corrected chi connectivity index (χ0v) is 6.66. The lowest BCUT2D eigenvalue weighted by molar-refractivity contribution is -0.140. The van der Waals surface area contributed by atoms with Crippen LogP contribution >= 0.6 is 0 Å². The molecule has 1 fully saturated rings. The first-order valence-corrected chi connectivity index (χ1v) is 3.57. The smallest absolute Gasteiger partial charge is 0.321 e. The van der Waals surface area contributed by atoms with Gasteiger partial charge >= 0.3 is 5.92 Å². The van der Waals surface area contributed by atoms with Crippen molar-refractivity contribution in [3.05, 3.63) is 11.8 Å². The standard InChI is InChI=1S/C7H10F2N2O/c1-10-2-5-3-11-4-7(8,9)6(5)12/h2,10-11H,3-4H2,1H3/b5-2-.